The Morgan fingerprint density at radius 1 is 1.10 bits per heavy atom. The predicted octanol–water partition coefficient (Wildman–Crippen LogP) is 2.43. The van der Waals surface area contributed by atoms with Crippen molar-refractivity contribution in [3.63, 3.8) is 0 Å². The molecule has 1 aromatic rings. The highest BCUT2D eigenvalue weighted by Gasteiger charge is 2.44. The van der Waals surface area contributed by atoms with Crippen molar-refractivity contribution < 1.29 is 23.9 Å². The maximum Gasteiger partial charge on any atom is 0.409 e. The second-order valence-electron chi connectivity index (χ2n) is 7.83. The number of fused-ring (bicyclic) bond motifs is 1. The predicted molar refractivity (Wildman–Crippen MR) is 110 cm³/mol. The van der Waals surface area contributed by atoms with E-state index in [1.807, 2.05) is 13.8 Å². The number of amides is 4. The third-order valence-corrected chi connectivity index (χ3v) is 5.92. The molecule has 2 heterocycles. The van der Waals surface area contributed by atoms with Gasteiger partial charge in [-0.2, -0.15) is 0 Å². The number of nitrogens with zero attached hydrogens (tertiary/aromatic N) is 2. The molecular weight excluding hydrogens is 386 g/mol. The number of imide groups is 1. The first kappa shape index (κ1) is 21.8. The van der Waals surface area contributed by atoms with Crippen LogP contribution in [-0.4, -0.2) is 65.4 Å². The standard InChI is InChI=1S/C22H29N3O5/c1-4-14(3)18(25-20(27)16-8-6-7-9-17(16)21(25)28)19(26)23-15-10-12-24(13-11-15)22(29)30-5-2/h6-9,14-15,18H,4-5,10-13H2,1-3H3,(H,23,26). The van der Waals surface area contributed by atoms with E-state index < -0.39 is 17.9 Å². The molecule has 4 amide bonds. The summed E-state index contributed by atoms with van der Waals surface area (Å²) in [6, 6.07) is 5.67. The Morgan fingerprint density at radius 2 is 1.67 bits per heavy atom. The van der Waals surface area contributed by atoms with Gasteiger partial charge in [0.05, 0.1) is 17.7 Å². The van der Waals surface area contributed by atoms with E-state index in [0.717, 1.165) is 4.90 Å². The van der Waals surface area contributed by atoms with Crippen LogP contribution in [0.5, 0.6) is 0 Å². The molecule has 0 aliphatic carbocycles. The summed E-state index contributed by atoms with van der Waals surface area (Å²) in [5.74, 6) is -1.36. The van der Waals surface area contributed by atoms with Gasteiger partial charge in [-0.25, -0.2) is 4.79 Å². The van der Waals surface area contributed by atoms with Crippen LogP contribution in [0.25, 0.3) is 0 Å². The van der Waals surface area contributed by atoms with Crippen LogP contribution < -0.4 is 5.32 Å². The maximum atomic E-state index is 13.2. The summed E-state index contributed by atoms with van der Waals surface area (Å²) in [7, 11) is 0. The van der Waals surface area contributed by atoms with Gasteiger partial charge in [-0.1, -0.05) is 32.4 Å². The van der Waals surface area contributed by atoms with E-state index in [-0.39, 0.29) is 24.0 Å². The van der Waals surface area contributed by atoms with Crippen molar-refractivity contribution in [1.82, 2.24) is 15.1 Å². The number of carbonyl (C=O) groups is 4. The lowest BCUT2D eigenvalue weighted by Gasteiger charge is -2.35. The number of nitrogens with one attached hydrogen (secondary N) is 1. The SMILES string of the molecule is CCOC(=O)N1CCC(NC(=O)C(C(C)CC)N2C(=O)c3ccccc3C2=O)CC1. The molecule has 1 saturated heterocycles. The highest BCUT2D eigenvalue weighted by molar-refractivity contribution is 6.22. The zero-order valence-corrected chi connectivity index (χ0v) is 17.7. The minimum absolute atomic E-state index is 0.120. The van der Waals surface area contributed by atoms with Crippen molar-refractivity contribution >= 4 is 23.8 Å². The molecule has 1 N–H and O–H groups in total. The zero-order chi connectivity index (χ0) is 21.8. The summed E-state index contributed by atoms with van der Waals surface area (Å²) in [5, 5.41) is 3.01. The molecule has 0 radical (unpaired) electrons. The van der Waals surface area contributed by atoms with Gasteiger partial charge in [0.15, 0.2) is 0 Å². The number of rotatable bonds is 6. The lowest BCUT2D eigenvalue weighted by atomic mass is 9.95. The van der Waals surface area contributed by atoms with E-state index in [1.54, 1.807) is 36.1 Å². The fourth-order valence-electron chi connectivity index (χ4n) is 4.02. The molecular formula is C22H29N3O5. The Hall–Kier alpha value is -2.90. The quantitative estimate of drug-likeness (QED) is 0.720. The molecule has 2 unspecified atom stereocenters. The fraction of sp³-hybridized carbons (Fsp3) is 0.545. The molecule has 0 saturated carbocycles. The highest BCUT2D eigenvalue weighted by Crippen LogP contribution is 2.28. The van der Waals surface area contributed by atoms with Crippen LogP contribution in [0.4, 0.5) is 4.79 Å². The van der Waals surface area contributed by atoms with Gasteiger partial charge in [-0.3, -0.25) is 19.3 Å². The highest BCUT2D eigenvalue weighted by atomic mass is 16.6. The van der Waals surface area contributed by atoms with Gasteiger partial charge >= 0.3 is 6.09 Å². The molecule has 0 spiro atoms. The summed E-state index contributed by atoms with van der Waals surface area (Å²) in [5.41, 5.74) is 0.678. The number of hydrogen-bond donors (Lipinski definition) is 1. The topological polar surface area (TPSA) is 96.0 Å². The summed E-state index contributed by atoms with van der Waals surface area (Å²) >= 11 is 0. The van der Waals surface area contributed by atoms with E-state index in [1.165, 1.54) is 0 Å². The van der Waals surface area contributed by atoms with E-state index >= 15 is 0 Å². The molecule has 2 atom stereocenters. The van der Waals surface area contributed by atoms with Crippen molar-refractivity contribution in [2.75, 3.05) is 19.7 Å². The average Bonchev–Trinajstić information content (AvgIpc) is 3.00. The van der Waals surface area contributed by atoms with Gasteiger partial charge < -0.3 is 15.0 Å². The first-order chi connectivity index (χ1) is 14.4. The van der Waals surface area contributed by atoms with Crippen LogP contribution in [-0.2, 0) is 9.53 Å². The number of benzene rings is 1. The van der Waals surface area contributed by atoms with E-state index in [0.29, 0.717) is 50.1 Å². The van der Waals surface area contributed by atoms with Crippen LogP contribution in [0.2, 0.25) is 0 Å². The Balaban J connectivity index is 1.70. The maximum absolute atomic E-state index is 13.2. The van der Waals surface area contributed by atoms with Crippen LogP contribution in [0.15, 0.2) is 24.3 Å². The largest absolute Gasteiger partial charge is 0.450 e. The summed E-state index contributed by atoms with van der Waals surface area (Å²) in [4.78, 5) is 53.6. The van der Waals surface area contributed by atoms with Crippen LogP contribution in [0, 0.1) is 5.92 Å². The van der Waals surface area contributed by atoms with Crippen LogP contribution >= 0.6 is 0 Å². The lowest BCUT2D eigenvalue weighted by Crippen LogP contribution is -2.56. The molecule has 1 fully saturated rings. The van der Waals surface area contributed by atoms with E-state index in [9.17, 15) is 19.2 Å². The van der Waals surface area contributed by atoms with Crippen molar-refractivity contribution in [3.8, 4) is 0 Å². The summed E-state index contributed by atoms with van der Waals surface area (Å²) in [6.45, 7) is 6.87. The van der Waals surface area contributed by atoms with Gasteiger partial charge in [0, 0.05) is 19.1 Å². The first-order valence-electron chi connectivity index (χ1n) is 10.6. The van der Waals surface area contributed by atoms with Crippen molar-refractivity contribution in [2.45, 2.75) is 52.1 Å². The molecule has 1 aromatic carbocycles. The number of likely N-dealkylation sites (tertiary alicyclic amines) is 1. The third kappa shape index (κ3) is 4.17. The number of hydrogen-bond acceptors (Lipinski definition) is 5. The molecule has 3 rings (SSSR count). The van der Waals surface area contributed by atoms with Gasteiger partial charge in [-0.15, -0.1) is 0 Å². The molecule has 2 aliphatic heterocycles. The normalized spacial score (nSPS) is 18.8. The van der Waals surface area contributed by atoms with Crippen LogP contribution in [0.3, 0.4) is 0 Å². The van der Waals surface area contributed by atoms with Crippen molar-refractivity contribution in [1.29, 1.82) is 0 Å². The van der Waals surface area contributed by atoms with E-state index in [4.69, 9.17) is 4.74 Å². The van der Waals surface area contributed by atoms with Crippen molar-refractivity contribution in [2.24, 2.45) is 5.92 Å². The Labute approximate surface area is 176 Å². The zero-order valence-electron chi connectivity index (χ0n) is 17.7. The van der Waals surface area contributed by atoms with Crippen molar-refractivity contribution in [3.05, 3.63) is 35.4 Å². The van der Waals surface area contributed by atoms with E-state index in [2.05, 4.69) is 5.32 Å². The molecule has 0 aromatic heterocycles. The smallest absolute Gasteiger partial charge is 0.409 e. The molecule has 0 bridgehead atoms. The Morgan fingerprint density at radius 3 is 2.17 bits per heavy atom. The Bertz CT molecular complexity index is 797. The van der Waals surface area contributed by atoms with Crippen LogP contribution in [0.1, 0.15) is 60.7 Å². The first-order valence-corrected chi connectivity index (χ1v) is 10.6. The van der Waals surface area contributed by atoms with Gasteiger partial charge in [-0.05, 0) is 37.8 Å². The number of ether oxygens (including phenoxy) is 1. The minimum Gasteiger partial charge on any atom is -0.450 e. The summed E-state index contributed by atoms with van der Waals surface area (Å²) < 4.78 is 5.02. The molecule has 2 aliphatic rings. The number of piperidine rings is 1. The third-order valence-electron chi connectivity index (χ3n) is 5.92. The molecule has 8 nitrogen and oxygen atoms in total. The minimum atomic E-state index is -0.870. The molecule has 8 heteroatoms. The van der Waals surface area contributed by atoms with Gasteiger partial charge in [0.25, 0.3) is 11.8 Å². The fourth-order valence-corrected chi connectivity index (χ4v) is 4.02. The average molecular weight is 415 g/mol. The number of carbonyl (C=O) groups excluding carboxylic acids is 4. The second kappa shape index (κ2) is 9.28. The second-order valence-corrected chi connectivity index (χ2v) is 7.83. The Kier molecular flexibility index (Phi) is 6.74. The monoisotopic (exact) mass is 415 g/mol. The molecule has 162 valence electrons. The van der Waals surface area contributed by atoms with Gasteiger partial charge in [0.1, 0.15) is 6.04 Å². The van der Waals surface area contributed by atoms with Gasteiger partial charge in [0.2, 0.25) is 5.91 Å². The lowest BCUT2D eigenvalue weighted by molar-refractivity contribution is -0.127. The summed E-state index contributed by atoms with van der Waals surface area (Å²) in [6.07, 6.45) is 1.50. The molecule has 30 heavy (non-hydrogen) atoms.